The van der Waals surface area contributed by atoms with Crippen LogP contribution in [0.3, 0.4) is 0 Å². The van der Waals surface area contributed by atoms with E-state index < -0.39 is 11.5 Å². The van der Waals surface area contributed by atoms with Crippen molar-refractivity contribution < 1.29 is 9.90 Å². The highest BCUT2D eigenvalue weighted by atomic mass is 32.1. The van der Waals surface area contributed by atoms with Gasteiger partial charge >= 0.3 is 5.97 Å². The van der Waals surface area contributed by atoms with Gasteiger partial charge in [-0.15, -0.1) is 11.3 Å². The van der Waals surface area contributed by atoms with Gasteiger partial charge in [0.1, 0.15) is 5.54 Å². The number of likely N-dealkylation sites (N-methyl/N-ethyl adjacent to an activating group) is 1. The minimum absolute atomic E-state index is 0.622. The molecule has 0 aliphatic rings. The first-order valence-corrected chi connectivity index (χ1v) is 5.94. The van der Waals surface area contributed by atoms with Crippen molar-refractivity contribution in [2.45, 2.75) is 39.8 Å². The minimum atomic E-state index is -0.857. The molecule has 0 spiro atoms. The third-order valence-corrected chi connectivity index (χ3v) is 3.92. The number of rotatable bonds is 4. The number of carboxylic acids is 1. The lowest BCUT2D eigenvalue weighted by Gasteiger charge is -2.31. The Kier molecular flexibility index (Phi) is 3.70. The SMILES string of the molecule is Cc1nc(C)c(CN(C)C(C)(C)C(=O)O)s1. The van der Waals surface area contributed by atoms with Crippen LogP contribution >= 0.6 is 11.3 Å². The zero-order valence-corrected chi connectivity index (χ0v) is 11.2. The van der Waals surface area contributed by atoms with Gasteiger partial charge in [-0.3, -0.25) is 9.69 Å². The Morgan fingerprint density at radius 2 is 2.06 bits per heavy atom. The van der Waals surface area contributed by atoms with Crippen molar-refractivity contribution in [2.75, 3.05) is 7.05 Å². The maximum atomic E-state index is 11.1. The van der Waals surface area contributed by atoms with Crippen LogP contribution in [0.5, 0.6) is 0 Å². The molecule has 90 valence electrons. The van der Waals surface area contributed by atoms with Crippen LogP contribution in [0.2, 0.25) is 0 Å². The van der Waals surface area contributed by atoms with Gasteiger partial charge in [0.25, 0.3) is 0 Å². The molecule has 0 aliphatic heterocycles. The molecular formula is C11H18N2O2S. The highest BCUT2D eigenvalue weighted by Crippen LogP contribution is 2.22. The van der Waals surface area contributed by atoms with Crippen LogP contribution in [-0.4, -0.2) is 33.5 Å². The number of aromatic nitrogens is 1. The van der Waals surface area contributed by atoms with Gasteiger partial charge in [0.05, 0.1) is 10.7 Å². The average Bonchev–Trinajstić information content (AvgIpc) is 2.44. The third kappa shape index (κ3) is 2.59. The summed E-state index contributed by atoms with van der Waals surface area (Å²) < 4.78 is 0. The maximum Gasteiger partial charge on any atom is 0.323 e. The third-order valence-electron chi connectivity index (χ3n) is 2.86. The highest BCUT2D eigenvalue weighted by Gasteiger charge is 2.32. The number of carboxylic acid groups (broad SMARTS) is 1. The van der Waals surface area contributed by atoms with Crippen molar-refractivity contribution in [3.05, 3.63) is 15.6 Å². The van der Waals surface area contributed by atoms with Crippen LogP contribution in [0.15, 0.2) is 0 Å². The van der Waals surface area contributed by atoms with Crippen molar-refractivity contribution in [2.24, 2.45) is 0 Å². The molecular weight excluding hydrogens is 224 g/mol. The summed E-state index contributed by atoms with van der Waals surface area (Å²) in [5, 5.41) is 10.1. The lowest BCUT2D eigenvalue weighted by atomic mass is 10.0. The van der Waals surface area contributed by atoms with Gasteiger partial charge in [-0.2, -0.15) is 0 Å². The lowest BCUT2D eigenvalue weighted by molar-refractivity contribution is -0.148. The fourth-order valence-corrected chi connectivity index (χ4v) is 2.29. The van der Waals surface area contributed by atoms with Crippen molar-refractivity contribution in [3.63, 3.8) is 0 Å². The zero-order valence-electron chi connectivity index (χ0n) is 10.4. The number of thiazole rings is 1. The van der Waals surface area contributed by atoms with E-state index in [9.17, 15) is 4.79 Å². The monoisotopic (exact) mass is 242 g/mol. The van der Waals surface area contributed by atoms with Crippen LogP contribution < -0.4 is 0 Å². The summed E-state index contributed by atoms with van der Waals surface area (Å²) in [4.78, 5) is 18.4. The standard InChI is InChI=1S/C11H18N2O2S/c1-7-9(16-8(2)12-7)6-13(5)11(3,4)10(14)15/h6H2,1-5H3,(H,14,15). The van der Waals surface area contributed by atoms with E-state index in [0.29, 0.717) is 6.54 Å². The first kappa shape index (κ1) is 13.1. The quantitative estimate of drug-likeness (QED) is 0.878. The smallest absolute Gasteiger partial charge is 0.323 e. The van der Waals surface area contributed by atoms with Gasteiger partial charge < -0.3 is 5.11 Å². The zero-order chi connectivity index (χ0) is 12.5. The molecule has 0 atom stereocenters. The van der Waals surface area contributed by atoms with Crippen LogP contribution in [0.4, 0.5) is 0 Å². The van der Waals surface area contributed by atoms with E-state index in [1.807, 2.05) is 25.8 Å². The second kappa shape index (κ2) is 4.51. The van der Waals surface area contributed by atoms with E-state index >= 15 is 0 Å². The molecule has 0 aromatic carbocycles. The van der Waals surface area contributed by atoms with E-state index in [1.54, 1.807) is 25.2 Å². The molecule has 5 heteroatoms. The summed E-state index contributed by atoms with van der Waals surface area (Å²) in [6, 6.07) is 0. The Balaban J connectivity index is 2.82. The lowest BCUT2D eigenvalue weighted by Crippen LogP contribution is -2.47. The number of hydrogen-bond acceptors (Lipinski definition) is 4. The Morgan fingerprint density at radius 1 is 1.50 bits per heavy atom. The van der Waals surface area contributed by atoms with Crippen molar-refractivity contribution in [1.82, 2.24) is 9.88 Å². The molecule has 16 heavy (non-hydrogen) atoms. The molecule has 0 unspecified atom stereocenters. The van der Waals surface area contributed by atoms with Crippen molar-refractivity contribution in [1.29, 1.82) is 0 Å². The Hall–Kier alpha value is -0.940. The highest BCUT2D eigenvalue weighted by molar-refractivity contribution is 7.11. The Bertz CT molecular complexity index is 399. The molecule has 1 rings (SSSR count). The molecule has 1 heterocycles. The molecule has 1 aromatic rings. The molecule has 0 aliphatic carbocycles. The fraction of sp³-hybridized carbons (Fsp3) is 0.636. The van der Waals surface area contributed by atoms with Crippen LogP contribution in [0.1, 0.15) is 29.4 Å². The Morgan fingerprint density at radius 3 is 2.44 bits per heavy atom. The van der Waals surface area contributed by atoms with Crippen LogP contribution in [0.25, 0.3) is 0 Å². The van der Waals surface area contributed by atoms with Crippen LogP contribution in [0, 0.1) is 13.8 Å². The summed E-state index contributed by atoms with van der Waals surface area (Å²) in [5.74, 6) is -0.811. The molecule has 1 aromatic heterocycles. The van der Waals surface area contributed by atoms with E-state index in [-0.39, 0.29) is 0 Å². The second-order valence-corrected chi connectivity index (χ2v) is 5.75. The first-order chi connectivity index (χ1) is 7.25. The maximum absolute atomic E-state index is 11.1. The summed E-state index contributed by atoms with van der Waals surface area (Å²) in [6.07, 6.45) is 0. The number of hydrogen-bond donors (Lipinski definition) is 1. The fourth-order valence-electron chi connectivity index (χ4n) is 1.30. The number of nitrogens with zero attached hydrogens (tertiary/aromatic N) is 2. The molecule has 0 fully saturated rings. The van der Waals surface area contributed by atoms with Gasteiger partial charge in [-0.1, -0.05) is 0 Å². The number of aliphatic carboxylic acids is 1. The second-order valence-electron chi connectivity index (χ2n) is 4.46. The number of aryl methyl sites for hydroxylation is 2. The minimum Gasteiger partial charge on any atom is -0.480 e. The molecule has 0 bridgehead atoms. The molecule has 4 nitrogen and oxygen atoms in total. The summed E-state index contributed by atoms with van der Waals surface area (Å²) in [5.41, 5.74) is 0.139. The van der Waals surface area contributed by atoms with Gasteiger partial charge in [-0.05, 0) is 34.7 Å². The van der Waals surface area contributed by atoms with E-state index in [4.69, 9.17) is 5.11 Å². The molecule has 0 saturated heterocycles. The largest absolute Gasteiger partial charge is 0.480 e. The van der Waals surface area contributed by atoms with E-state index in [1.165, 1.54) is 0 Å². The first-order valence-electron chi connectivity index (χ1n) is 5.12. The molecule has 0 amide bonds. The average molecular weight is 242 g/mol. The normalized spacial score (nSPS) is 12.1. The molecule has 0 saturated carbocycles. The van der Waals surface area contributed by atoms with Crippen molar-refractivity contribution >= 4 is 17.3 Å². The van der Waals surface area contributed by atoms with Crippen molar-refractivity contribution in [3.8, 4) is 0 Å². The summed E-state index contributed by atoms with van der Waals surface area (Å²) in [6.45, 7) is 7.96. The van der Waals surface area contributed by atoms with Crippen LogP contribution in [-0.2, 0) is 11.3 Å². The molecule has 1 N–H and O–H groups in total. The van der Waals surface area contributed by atoms with Gasteiger partial charge in [0, 0.05) is 11.4 Å². The van der Waals surface area contributed by atoms with E-state index in [2.05, 4.69) is 4.98 Å². The molecule has 0 radical (unpaired) electrons. The topological polar surface area (TPSA) is 53.4 Å². The van der Waals surface area contributed by atoms with E-state index in [0.717, 1.165) is 15.6 Å². The van der Waals surface area contributed by atoms with Gasteiger partial charge in [0.15, 0.2) is 0 Å². The summed E-state index contributed by atoms with van der Waals surface area (Å²) in [7, 11) is 1.82. The predicted molar refractivity (Wildman–Crippen MR) is 64.8 cm³/mol. The van der Waals surface area contributed by atoms with Gasteiger partial charge in [0.2, 0.25) is 0 Å². The number of carbonyl (C=O) groups is 1. The predicted octanol–water partition coefficient (Wildman–Crippen LogP) is 2.05. The summed E-state index contributed by atoms with van der Waals surface area (Å²) >= 11 is 1.62. The van der Waals surface area contributed by atoms with Gasteiger partial charge in [-0.25, -0.2) is 4.98 Å². The Labute approximate surface area is 99.9 Å².